The monoisotopic (exact) mass is 318 g/mol. The summed E-state index contributed by atoms with van der Waals surface area (Å²) >= 11 is 0. The average Bonchev–Trinajstić information content (AvgIpc) is 3.09. The Labute approximate surface area is 135 Å². The molecule has 1 aromatic carbocycles. The molecule has 0 saturated heterocycles. The zero-order valence-electron chi connectivity index (χ0n) is 13.6. The highest BCUT2D eigenvalue weighted by Crippen LogP contribution is 2.58. The summed E-state index contributed by atoms with van der Waals surface area (Å²) in [6.45, 7) is 4.00. The third-order valence-electron chi connectivity index (χ3n) is 4.51. The van der Waals surface area contributed by atoms with E-state index in [-0.39, 0.29) is 11.8 Å². The molecule has 0 bridgehead atoms. The van der Waals surface area contributed by atoms with Crippen molar-refractivity contribution in [2.75, 3.05) is 13.6 Å². The van der Waals surface area contributed by atoms with Gasteiger partial charge in [-0.05, 0) is 29.5 Å². The van der Waals surface area contributed by atoms with Gasteiger partial charge in [0.2, 0.25) is 5.91 Å². The number of benzene rings is 1. The number of hydrogen-bond donors (Lipinski definition) is 3. The summed E-state index contributed by atoms with van der Waals surface area (Å²) in [6, 6.07) is 7.20. The topological polar surface area (TPSA) is 95.5 Å². The molecule has 1 aromatic rings. The van der Waals surface area contributed by atoms with E-state index < -0.39 is 23.2 Å². The molecule has 6 heteroatoms. The van der Waals surface area contributed by atoms with Crippen LogP contribution in [0.4, 0.5) is 0 Å². The summed E-state index contributed by atoms with van der Waals surface area (Å²) in [4.78, 5) is 34.8. The molecule has 2 atom stereocenters. The van der Waals surface area contributed by atoms with Crippen molar-refractivity contribution in [3.8, 4) is 0 Å². The molecule has 0 radical (unpaired) electrons. The number of nitrogens with one attached hydrogen (secondary N) is 2. The molecular weight excluding hydrogens is 296 g/mol. The lowest BCUT2D eigenvalue weighted by molar-refractivity contribution is -0.140. The van der Waals surface area contributed by atoms with Crippen LogP contribution < -0.4 is 10.6 Å². The van der Waals surface area contributed by atoms with Crippen LogP contribution in [0.5, 0.6) is 0 Å². The minimum atomic E-state index is -0.923. The van der Waals surface area contributed by atoms with Crippen molar-refractivity contribution in [2.24, 2.45) is 17.3 Å². The first-order valence-electron chi connectivity index (χ1n) is 7.60. The molecule has 0 heterocycles. The summed E-state index contributed by atoms with van der Waals surface area (Å²) in [7, 11) is 1.57. The second-order valence-electron chi connectivity index (χ2n) is 6.44. The number of carbonyl (C=O) groups is 3. The SMILES string of the molecule is CNC(=O)c1cccc(CCNC(=O)[C@@H]2[C@H](C(=O)O)C2(C)C)c1. The van der Waals surface area contributed by atoms with E-state index in [2.05, 4.69) is 10.6 Å². The van der Waals surface area contributed by atoms with Gasteiger partial charge >= 0.3 is 5.97 Å². The van der Waals surface area contributed by atoms with Crippen molar-refractivity contribution in [1.29, 1.82) is 0 Å². The van der Waals surface area contributed by atoms with Gasteiger partial charge in [-0.15, -0.1) is 0 Å². The molecule has 0 spiro atoms. The van der Waals surface area contributed by atoms with Gasteiger partial charge in [0.15, 0.2) is 0 Å². The lowest BCUT2D eigenvalue weighted by atomic mass is 10.1. The van der Waals surface area contributed by atoms with Crippen LogP contribution in [-0.4, -0.2) is 36.5 Å². The van der Waals surface area contributed by atoms with E-state index in [9.17, 15) is 14.4 Å². The van der Waals surface area contributed by atoms with Crippen molar-refractivity contribution in [3.05, 3.63) is 35.4 Å². The Morgan fingerprint density at radius 1 is 1.22 bits per heavy atom. The second-order valence-corrected chi connectivity index (χ2v) is 6.44. The van der Waals surface area contributed by atoms with Gasteiger partial charge in [-0.3, -0.25) is 14.4 Å². The molecule has 23 heavy (non-hydrogen) atoms. The molecule has 3 N–H and O–H groups in total. The van der Waals surface area contributed by atoms with Gasteiger partial charge in [0, 0.05) is 19.2 Å². The van der Waals surface area contributed by atoms with Gasteiger partial charge in [-0.25, -0.2) is 0 Å². The minimum absolute atomic E-state index is 0.153. The second kappa shape index (κ2) is 6.40. The zero-order valence-corrected chi connectivity index (χ0v) is 13.6. The van der Waals surface area contributed by atoms with E-state index in [1.54, 1.807) is 39.1 Å². The van der Waals surface area contributed by atoms with Gasteiger partial charge in [0.1, 0.15) is 0 Å². The molecule has 6 nitrogen and oxygen atoms in total. The maximum Gasteiger partial charge on any atom is 0.307 e. The number of carboxylic acids is 1. The fourth-order valence-corrected chi connectivity index (χ4v) is 3.04. The third kappa shape index (κ3) is 3.52. The third-order valence-corrected chi connectivity index (χ3v) is 4.51. The predicted octanol–water partition coefficient (Wildman–Crippen LogP) is 1.06. The van der Waals surface area contributed by atoms with Crippen molar-refractivity contribution in [1.82, 2.24) is 10.6 Å². The lowest BCUT2D eigenvalue weighted by Gasteiger charge is -2.07. The van der Waals surface area contributed by atoms with Crippen LogP contribution in [-0.2, 0) is 16.0 Å². The maximum absolute atomic E-state index is 12.1. The summed E-state index contributed by atoms with van der Waals surface area (Å²) in [5, 5.41) is 14.5. The van der Waals surface area contributed by atoms with Crippen LogP contribution in [0.3, 0.4) is 0 Å². The van der Waals surface area contributed by atoms with E-state index in [0.717, 1.165) is 5.56 Å². The van der Waals surface area contributed by atoms with E-state index in [4.69, 9.17) is 5.11 Å². The molecule has 1 saturated carbocycles. The van der Waals surface area contributed by atoms with Crippen LogP contribution in [0.15, 0.2) is 24.3 Å². The first-order chi connectivity index (χ1) is 10.8. The molecule has 2 rings (SSSR count). The first kappa shape index (κ1) is 17.0. The normalized spacial score (nSPS) is 21.3. The number of hydrogen-bond acceptors (Lipinski definition) is 3. The van der Waals surface area contributed by atoms with Gasteiger partial charge in [-0.1, -0.05) is 26.0 Å². The Morgan fingerprint density at radius 3 is 2.48 bits per heavy atom. The molecule has 124 valence electrons. The summed E-state index contributed by atoms with van der Waals surface area (Å²) < 4.78 is 0. The minimum Gasteiger partial charge on any atom is -0.481 e. The fourth-order valence-electron chi connectivity index (χ4n) is 3.04. The quantitative estimate of drug-likeness (QED) is 0.731. The average molecular weight is 318 g/mol. The number of carboxylic acid groups (broad SMARTS) is 1. The Kier molecular flexibility index (Phi) is 4.73. The van der Waals surface area contributed by atoms with E-state index in [0.29, 0.717) is 18.5 Å². The van der Waals surface area contributed by atoms with Crippen molar-refractivity contribution in [2.45, 2.75) is 20.3 Å². The Bertz CT molecular complexity index is 639. The maximum atomic E-state index is 12.1. The van der Waals surface area contributed by atoms with E-state index in [1.807, 2.05) is 6.07 Å². The number of carbonyl (C=O) groups excluding carboxylic acids is 2. The highest BCUT2D eigenvalue weighted by Gasteiger charge is 2.65. The molecule has 2 amide bonds. The smallest absolute Gasteiger partial charge is 0.307 e. The molecule has 0 aliphatic heterocycles. The van der Waals surface area contributed by atoms with Crippen LogP contribution in [0, 0.1) is 17.3 Å². The van der Waals surface area contributed by atoms with Gasteiger partial charge < -0.3 is 15.7 Å². The van der Waals surface area contributed by atoms with Crippen LogP contribution in [0.2, 0.25) is 0 Å². The van der Waals surface area contributed by atoms with Gasteiger partial charge in [0.25, 0.3) is 5.91 Å². The summed E-state index contributed by atoms with van der Waals surface area (Å²) in [5.41, 5.74) is 1.02. The van der Waals surface area contributed by atoms with Gasteiger partial charge in [0.05, 0.1) is 11.8 Å². The molecule has 1 aliphatic rings. The van der Waals surface area contributed by atoms with E-state index >= 15 is 0 Å². The van der Waals surface area contributed by atoms with E-state index in [1.165, 1.54) is 0 Å². The fraction of sp³-hybridized carbons (Fsp3) is 0.471. The van der Waals surface area contributed by atoms with Crippen molar-refractivity contribution >= 4 is 17.8 Å². The van der Waals surface area contributed by atoms with Crippen LogP contribution in [0.1, 0.15) is 29.8 Å². The number of aliphatic carboxylic acids is 1. The number of amides is 2. The Morgan fingerprint density at radius 2 is 1.91 bits per heavy atom. The Hall–Kier alpha value is -2.37. The number of rotatable bonds is 6. The Balaban J connectivity index is 1.87. The summed E-state index contributed by atoms with van der Waals surface area (Å²) in [5.74, 6) is -2.38. The molecule has 1 aliphatic carbocycles. The molecule has 1 fully saturated rings. The van der Waals surface area contributed by atoms with Crippen molar-refractivity contribution < 1.29 is 19.5 Å². The van der Waals surface area contributed by atoms with Crippen molar-refractivity contribution in [3.63, 3.8) is 0 Å². The largest absolute Gasteiger partial charge is 0.481 e. The molecular formula is C17H22N2O4. The zero-order chi connectivity index (χ0) is 17.2. The summed E-state index contributed by atoms with van der Waals surface area (Å²) in [6.07, 6.45) is 0.585. The van der Waals surface area contributed by atoms with Gasteiger partial charge in [-0.2, -0.15) is 0 Å². The standard InChI is InChI=1S/C17H22N2O4/c1-17(2)12(13(17)16(22)23)15(21)19-8-7-10-5-4-6-11(9-10)14(20)18-3/h4-6,9,12-13H,7-8H2,1-3H3,(H,18,20)(H,19,21)(H,22,23)/t12-,13+/m0/s1. The van der Waals surface area contributed by atoms with Crippen LogP contribution >= 0.6 is 0 Å². The molecule has 0 unspecified atom stereocenters. The highest BCUT2D eigenvalue weighted by molar-refractivity contribution is 5.94. The highest BCUT2D eigenvalue weighted by atomic mass is 16.4. The first-order valence-corrected chi connectivity index (χ1v) is 7.60. The predicted molar refractivity (Wildman–Crippen MR) is 84.9 cm³/mol. The van der Waals surface area contributed by atoms with Crippen LogP contribution in [0.25, 0.3) is 0 Å². The lowest BCUT2D eigenvalue weighted by Crippen LogP contribution is -2.29. The molecule has 0 aromatic heterocycles.